The summed E-state index contributed by atoms with van der Waals surface area (Å²) in [4.78, 5) is 11.3. The molecule has 1 unspecified atom stereocenters. The van der Waals surface area contributed by atoms with Gasteiger partial charge < -0.3 is 20.3 Å². The number of ether oxygens (including phenoxy) is 1. The Kier molecular flexibility index (Phi) is 8.31. The van der Waals surface area contributed by atoms with E-state index in [2.05, 4.69) is 49.5 Å². The lowest BCUT2D eigenvalue weighted by Crippen LogP contribution is -2.46. The lowest BCUT2D eigenvalue weighted by Gasteiger charge is -2.29. The van der Waals surface area contributed by atoms with Gasteiger partial charge in [-0.2, -0.15) is 0 Å². The molecule has 1 aliphatic carbocycles. The third-order valence-corrected chi connectivity index (χ3v) is 7.57. The maximum absolute atomic E-state index is 14.5. The van der Waals surface area contributed by atoms with Crippen molar-refractivity contribution in [3.63, 3.8) is 0 Å². The van der Waals surface area contributed by atoms with Gasteiger partial charge in [0, 0.05) is 12.1 Å². The van der Waals surface area contributed by atoms with Crippen LogP contribution in [0.2, 0.25) is 0 Å². The van der Waals surface area contributed by atoms with Crippen LogP contribution in [0.1, 0.15) is 54.3 Å². The first-order valence-corrected chi connectivity index (χ1v) is 13.8. The number of β-amino-alcohol motifs (C(OH)–C–C–N with tert-alkyl or cyclic N) is 1. The van der Waals surface area contributed by atoms with Crippen molar-refractivity contribution in [2.24, 2.45) is 5.92 Å². The Morgan fingerprint density at radius 3 is 2.45 bits per heavy atom. The molecule has 4 aromatic carbocycles. The molecule has 5 nitrogen and oxygen atoms in total. The molecule has 208 valence electrons. The van der Waals surface area contributed by atoms with Gasteiger partial charge in [0.15, 0.2) is 0 Å². The zero-order valence-electron chi connectivity index (χ0n) is 22.9. The number of aromatic carboxylic acids is 1. The van der Waals surface area contributed by atoms with Gasteiger partial charge in [0.2, 0.25) is 0 Å². The summed E-state index contributed by atoms with van der Waals surface area (Å²) in [6.07, 6.45) is 1.94. The zero-order valence-corrected chi connectivity index (χ0v) is 22.9. The molecular formula is C34H36FNO4. The maximum Gasteiger partial charge on any atom is 0.338 e. The molecule has 0 aliphatic heterocycles. The summed E-state index contributed by atoms with van der Waals surface area (Å²) < 4.78 is 20.8. The standard InChI is InChI=1S/C34H36FNO4/c1-34(2,19-22-11-12-23-7-3-4-8-25(23)17-22)36-20-27(37)21-40-32(24-13-14-24)29-10-6-5-9-28(29)26-15-16-30(33(38)39)31(35)18-26/h3-12,15-18,24,27,32,36-37H,13-14,19-21H2,1-2H3,(H,38,39)/t27-,32?/m1/s1. The molecule has 1 fully saturated rings. The minimum atomic E-state index is -1.29. The van der Waals surface area contributed by atoms with E-state index >= 15 is 0 Å². The first-order valence-electron chi connectivity index (χ1n) is 13.8. The third-order valence-electron chi connectivity index (χ3n) is 7.57. The number of aliphatic hydroxyl groups excluding tert-OH is 1. The monoisotopic (exact) mass is 541 g/mol. The van der Waals surface area contributed by atoms with E-state index in [0.717, 1.165) is 30.4 Å². The molecule has 3 N–H and O–H groups in total. The quantitative estimate of drug-likeness (QED) is 0.184. The topological polar surface area (TPSA) is 78.8 Å². The molecule has 4 aromatic rings. The van der Waals surface area contributed by atoms with Crippen LogP contribution in [-0.4, -0.2) is 41.0 Å². The summed E-state index contributed by atoms with van der Waals surface area (Å²) in [7, 11) is 0. The van der Waals surface area contributed by atoms with E-state index in [0.29, 0.717) is 18.0 Å². The van der Waals surface area contributed by atoms with Gasteiger partial charge in [-0.1, -0.05) is 72.8 Å². The highest BCUT2D eigenvalue weighted by atomic mass is 19.1. The minimum absolute atomic E-state index is 0.168. The van der Waals surface area contributed by atoms with E-state index in [9.17, 15) is 19.4 Å². The second-order valence-corrected chi connectivity index (χ2v) is 11.5. The highest BCUT2D eigenvalue weighted by molar-refractivity contribution is 5.89. The molecule has 40 heavy (non-hydrogen) atoms. The number of hydrogen-bond donors (Lipinski definition) is 3. The van der Waals surface area contributed by atoms with Crippen LogP contribution in [0, 0.1) is 11.7 Å². The number of aliphatic hydroxyl groups is 1. The number of nitrogens with one attached hydrogen (secondary N) is 1. The molecule has 0 saturated heterocycles. The van der Waals surface area contributed by atoms with E-state index in [1.165, 1.54) is 28.5 Å². The van der Waals surface area contributed by atoms with Crippen molar-refractivity contribution >= 4 is 16.7 Å². The van der Waals surface area contributed by atoms with Crippen LogP contribution in [0.15, 0.2) is 84.9 Å². The molecule has 5 rings (SSSR count). The van der Waals surface area contributed by atoms with Gasteiger partial charge in [-0.25, -0.2) is 9.18 Å². The highest BCUT2D eigenvalue weighted by Crippen LogP contribution is 2.46. The average Bonchev–Trinajstić information content (AvgIpc) is 3.77. The summed E-state index contributed by atoms with van der Waals surface area (Å²) in [6, 6.07) is 26.7. The van der Waals surface area contributed by atoms with Crippen molar-refractivity contribution in [1.82, 2.24) is 5.32 Å². The normalized spacial score (nSPS) is 15.2. The number of halogens is 1. The predicted molar refractivity (Wildman–Crippen MR) is 156 cm³/mol. The van der Waals surface area contributed by atoms with Crippen molar-refractivity contribution in [1.29, 1.82) is 0 Å². The summed E-state index contributed by atoms with van der Waals surface area (Å²) in [5.74, 6) is -1.73. The van der Waals surface area contributed by atoms with Crippen LogP contribution < -0.4 is 5.32 Å². The van der Waals surface area contributed by atoms with Crippen molar-refractivity contribution in [3.8, 4) is 11.1 Å². The van der Waals surface area contributed by atoms with Crippen LogP contribution in [0.3, 0.4) is 0 Å². The summed E-state index contributed by atoms with van der Waals surface area (Å²) in [5.41, 5.74) is 2.99. The van der Waals surface area contributed by atoms with Crippen LogP contribution >= 0.6 is 0 Å². The van der Waals surface area contributed by atoms with Gasteiger partial charge in [0.25, 0.3) is 0 Å². The first kappa shape index (κ1) is 28.0. The lowest BCUT2D eigenvalue weighted by molar-refractivity contribution is -0.0209. The van der Waals surface area contributed by atoms with E-state index in [1.807, 2.05) is 36.4 Å². The lowest BCUT2D eigenvalue weighted by atomic mass is 9.93. The van der Waals surface area contributed by atoms with Crippen molar-refractivity contribution < 1.29 is 24.1 Å². The molecule has 0 amide bonds. The number of carbonyl (C=O) groups is 1. The molecular weight excluding hydrogens is 505 g/mol. The van der Waals surface area contributed by atoms with Crippen LogP contribution in [0.5, 0.6) is 0 Å². The van der Waals surface area contributed by atoms with Gasteiger partial charge in [0.05, 0.1) is 24.4 Å². The van der Waals surface area contributed by atoms with Gasteiger partial charge in [0.1, 0.15) is 5.82 Å². The minimum Gasteiger partial charge on any atom is -0.478 e. The Bertz CT molecular complexity index is 1500. The SMILES string of the molecule is CC(C)(Cc1ccc2ccccc2c1)NC[C@@H](O)COC(c1ccccc1-c1ccc(C(=O)O)c(F)c1)C1CC1. The van der Waals surface area contributed by atoms with Crippen LogP contribution in [0.4, 0.5) is 4.39 Å². The Morgan fingerprint density at radius 1 is 1.00 bits per heavy atom. The molecule has 2 atom stereocenters. The summed E-state index contributed by atoms with van der Waals surface area (Å²) >= 11 is 0. The molecule has 0 bridgehead atoms. The van der Waals surface area contributed by atoms with Crippen molar-refractivity contribution in [2.45, 2.75) is 50.9 Å². The third kappa shape index (κ3) is 6.76. The highest BCUT2D eigenvalue weighted by Gasteiger charge is 2.35. The average molecular weight is 542 g/mol. The number of hydrogen-bond acceptors (Lipinski definition) is 4. The number of benzene rings is 4. The van der Waals surface area contributed by atoms with Gasteiger partial charge >= 0.3 is 5.97 Å². The van der Waals surface area contributed by atoms with Crippen LogP contribution in [0.25, 0.3) is 21.9 Å². The predicted octanol–water partition coefficient (Wildman–Crippen LogP) is 6.78. The number of carboxylic acid groups (broad SMARTS) is 1. The smallest absolute Gasteiger partial charge is 0.338 e. The number of fused-ring (bicyclic) bond motifs is 1. The number of carboxylic acids is 1. The Morgan fingerprint density at radius 2 is 1.73 bits per heavy atom. The zero-order chi connectivity index (χ0) is 28.3. The Balaban J connectivity index is 1.22. The molecule has 0 spiro atoms. The van der Waals surface area contributed by atoms with Crippen molar-refractivity contribution in [3.05, 3.63) is 107 Å². The molecule has 1 saturated carbocycles. The van der Waals surface area contributed by atoms with E-state index in [1.54, 1.807) is 6.07 Å². The largest absolute Gasteiger partial charge is 0.478 e. The fourth-order valence-corrected chi connectivity index (χ4v) is 5.33. The Labute approximate surface area is 234 Å². The van der Waals surface area contributed by atoms with Gasteiger partial charge in [-0.3, -0.25) is 0 Å². The molecule has 0 radical (unpaired) electrons. The maximum atomic E-state index is 14.5. The second kappa shape index (κ2) is 11.9. The fourth-order valence-electron chi connectivity index (χ4n) is 5.33. The fraction of sp³-hybridized carbons (Fsp3) is 0.324. The summed E-state index contributed by atoms with van der Waals surface area (Å²) in [5, 5.41) is 26.0. The van der Waals surface area contributed by atoms with Gasteiger partial charge in [-0.05, 0) is 84.2 Å². The van der Waals surface area contributed by atoms with Crippen LogP contribution in [-0.2, 0) is 11.2 Å². The molecule has 6 heteroatoms. The summed E-state index contributed by atoms with van der Waals surface area (Å²) in [6.45, 7) is 4.82. The second-order valence-electron chi connectivity index (χ2n) is 11.5. The Hall–Kier alpha value is -3.58. The van der Waals surface area contributed by atoms with E-state index < -0.39 is 17.9 Å². The van der Waals surface area contributed by atoms with E-state index in [-0.39, 0.29) is 23.8 Å². The van der Waals surface area contributed by atoms with E-state index in [4.69, 9.17) is 4.74 Å². The molecule has 0 heterocycles. The number of rotatable bonds is 12. The molecule has 1 aliphatic rings. The molecule has 0 aromatic heterocycles. The first-order chi connectivity index (χ1) is 19.2. The van der Waals surface area contributed by atoms with Gasteiger partial charge in [-0.15, -0.1) is 0 Å². The van der Waals surface area contributed by atoms with Crippen molar-refractivity contribution in [2.75, 3.05) is 13.2 Å².